The molecule has 1 aliphatic carbocycles. The van der Waals surface area contributed by atoms with E-state index in [1.807, 2.05) is 34.9 Å². The number of carbonyl (C=O) groups is 2. The van der Waals surface area contributed by atoms with E-state index in [1.165, 1.54) is 6.42 Å². The summed E-state index contributed by atoms with van der Waals surface area (Å²) in [7, 11) is 0. The maximum atomic E-state index is 13.0. The van der Waals surface area contributed by atoms with E-state index in [9.17, 15) is 14.7 Å². The van der Waals surface area contributed by atoms with Gasteiger partial charge < -0.3 is 20.2 Å². The van der Waals surface area contributed by atoms with Crippen molar-refractivity contribution < 1.29 is 14.7 Å². The predicted molar refractivity (Wildman–Crippen MR) is 111 cm³/mol. The van der Waals surface area contributed by atoms with Gasteiger partial charge in [-0.2, -0.15) is 0 Å². The molecule has 1 spiro atoms. The minimum absolute atomic E-state index is 0.0523. The van der Waals surface area contributed by atoms with Gasteiger partial charge in [-0.15, -0.1) is 0 Å². The van der Waals surface area contributed by atoms with Crippen LogP contribution in [0.4, 0.5) is 4.79 Å². The number of carbonyl (C=O) groups excluding carboxylic acids is 2. The molecule has 2 N–H and O–H groups in total. The average molecular weight is 400 g/mol. The number of likely N-dealkylation sites (tertiary alicyclic amines) is 2. The molecule has 4 rings (SSSR count). The van der Waals surface area contributed by atoms with Crippen molar-refractivity contribution in [1.82, 2.24) is 15.1 Å². The van der Waals surface area contributed by atoms with Gasteiger partial charge in [0.05, 0.1) is 18.2 Å². The van der Waals surface area contributed by atoms with E-state index in [4.69, 9.17) is 0 Å². The Morgan fingerprint density at radius 1 is 1.14 bits per heavy atom. The van der Waals surface area contributed by atoms with E-state index >= 15 is 0 Å². The highest BCUT2D eigenvalue weighted by Gasteiger charge is 2.68. The number of aliphatic hydroxyl groups excluding tert-OH is 1. The maximum absolute atomic E-state index is 13.0. The first-order valence-corrected chi connectivity index (χ1v) is 11.1. The first kappa shape index (κ1) is 20.2. The average Bonchev–Trinajstić information content (AvgIpc) is 2.72. The van der Waals surface area contributed by atoms with Crippen LogP contribution in [-0.2, 0) is 4.79 Å². The smallest absolute Gasteiger partial charge is 0.318 e. The van der Waals surface area contributed by atoms with Crippen molar-refractivity contribution in [3.8, 4) is 0 Å². The molecule has 6 nitrogen and oxygen atoms in total. The van der Waals surface area contributed by atoms with Gasteiger partial charge in [-0.05, 0) is 24.8 Å². The van der Waals surface area contributed by atoms with Gasteiger partial charge in [-0.25, -0.2) is 4.79 Å². The maximum Gasteiger partial charge on any atom is 0.318 e. The highest BCUT2D eigenvalue weighted by atomic mass is 16.3. The van der Waals surface area contributed by atoms with Crippen LogP contribution >= 0.6 is 0 Å². The second kappa shape index (κ2) is 8.34. The van der Waals surface area contributed by atoms with Crippen molar-refractivity contribution >= 4 is 11.9 Å². The van der Waals surface area contributed by atoms with Crippen molar-refractivity contribution in [2.24, 2.45) is 5.92 Å². The Morgan fingerprint density at radius 2 is 1.83 bits per heavy atom. The lowest BCUT2D eigenvalue weighted by molar-refractivity contribution is -0.180. The van der Waals surface area contributed by atoms with Crippen LogP contribution in [0.2, 0.25) is 0 Å². The fraction of sp³-hybridized carbons (Fsp3) is 0.652. The van der Waals surface area contributed by atoms with E-state index in [-0.39, 0.29) is 36.4 Å². The zero-order chi connectivity index (χ0) is 20.4. The third-order valence-corrected chi connectivity index (χ3v) is 7.06. The first-order valence-electron chi connectivity index (χ1n) is 11.1. The zero-order valence-electron chi connectivity index (χ0n) is 17.3. The molecule has 3 aliphatic rings. The summed E-state index contributed by atoms with van der Waals surface area (Å²) in [6.45, 7) is 3.70. The number of hydrogen-bond donors (Lipinski definition) is 2. The monoisotopic (exact) mass is 399 g/mol. The summed E-state index contributed by atoms with van der Waals surface area (Å²) in [5.74, 6) is 0.451. The molecule has 1 aromatic carbocycles. The van der Waals surface area contributed by atoms with Gasteiger partial charge in [-0.3, -0.25) is 4.79 Å². The number of nitrogens with zero attached hydrogens (tertiary/aromatic N) is 2. The van der Waals surface area contributed by atoms with Crippen molar-refractivity contribution in [1.29, 1.82) is 0 Å². The summed E-state index contributed by atoms with van der Waals surface area (Å²) in [6, 6.07) is 9.75. The van der Waals surface area contributed by atoms with E-state index in [2.05, 4.69) is 17.4 Å². The molecule has 6 heteroatoms. The Kier molecular flexibility index (Phi) is 5.81. The fourth-order valence-corrected chi connectivity index (χ4v) is 5.68. The van der Waals surface area contributed by atoms with Crippen molar-refractivity contribution in [3.05, 3.63) is 35.9 Å². The molecule has 0 aromatic heterocycles. The number of amides is 3. The molecule has 2 aliphatic heterocycles. The molecular weight excluding hydrogens is 366 g/mol. The summed E-state index contributed by atoms with van der Waals surface area (Å²) >= 11 is 0. The number of nitrogens with one attached hydrogen (secondary N) is 1. The first-order chi connectivity index (χ1) is 14.1. The Labute approximate surface area is 173 Å². The molecule has 0 bridgehead atoms. The van der Waals surface area contributed by atoms with Gasteiger partial charge in [0.1, 0.15) is 0 Å². The van der Waals surface area contributed by atoms with Crippen LogP contribution in [0.3, 0.4) is 0 Å². The van der Waals surface area contributed by atoms with Gasteiger partial charge in [0.2, 0.25) is 5.91 Å². The van der Waals surface area contributed by atoms with Crippen LogP contribution in [-0.4, -0.2) is 64.7 Å². The minimum Gasteiger partial charge on any atom is -0.394 e. The number of rotatable bonds is 5. The van der Waals surface area contributed by atoms with Crippen LogP contribution < -0.4 is 5.32 Å². The molecule has 1 saturated carbocycles. The molecule has 3 fully saturated rings. The summed E-state index contributed by atoms with van der Waals surface area (Å²) in [5, 5.41) is 13.1. The molecule has 2 saturated heterocycles. The highest BCUT2D eigenvalue weighted by Crippen LogP contribution is 2.54. The normalized spacial score (nSPS) is 26.0. The lowest BCUT2D eigenvalue weighted by Crippen LogP contribution is -2.86. The lowest BCUT2D eigenvalue weighted by Gasteiger charge is -2.70. The number of aliphatic hydroxyl groups is 1. The number of urea groups is 1. The molecule has 0 unspecified atom stereocenters. The van der Waals surface area contributed by atoms with Crippen LogP contribution in [0.25, 0.3) is 0 Å². The molecule has 158 valence electrons. The van der Waals surface area contributed by atoms with Crippen LogP contribution in [0, 0.1) is 5.92 Å². The number of benzene rings is 1. The third-order valence-electron chi connectivity index (χ3n) is 7.06. The molecule has 0 radical (unpaired) electrons. The predicted octanol–water partition coefficient (Wildman–Crippen LogP) is 2.73. The van der Waals surface area contributed by atoms with Crippen LogP contribution in [0.1, 0.15) is 56.9 Å². The second-order valence-electron chi connectivity index (χ2n) is 8.87. The second-order valence-corrected chi connectivity index (χ2v) is 8.87. The van der Waals surface area contributed by atoms with Crippen molar-refractivity contribution in [2.75, 3.05) is 26.2 Å². The molecule has 1 aromatic rings. The van der Waals surface area contributed by atoms with E-state index in [1.54, 1.807) is 0 Å². The van der Waals surface area contributed by atoms with Gasteiger partial charge in [0.15, 0.2) is 0 Å². The van der Waals surface area contributed by atoms with Crippen molar-refractivity contribution in [3.63, 3.8) is 0 Å². The zero-order valence-corrected chi connectivity index (χ0v) is 17.3. The van der Waals surface area contributed by atoms with Gasteiger partial charge in [-0.1, -0.05) is 56.5 Å². The third kappa shape index (κ3) is 3.41. The van der Waals surface area contributed by atoms with Gasteiger partial charge in [0, 0.05) is 31.5 Å². The van der Waals surface area contributed by atoms with Crippen LogP contribution in [0.5, 0.6) is 0 Å². The number of hydrogen-bond acceptors (Lipinski definition) is 3. The van der Waals surface area contributed by atoms with Gasteiger partial charge in [0.25, 0.3) is 0 Å². The lowest BCUT2D eigenvalue weighted by atomic mass is 9.60. The standard InChI is InChI=1S/C23H33N3O3/c1-2-13-24-22(29)26-19(14-27)20(17-9-5-3-6-10-17)23(26)15-25(16-23)21(28)18-11-7-4-8-12-18/h3,5-6,9-10,18-20,27H,2,4,7-8,11-16H2,1H3,(H,24,29)/t19-,20+/m0/s1. The summed E-state index contributed by atoms with van der Waals surface area (Å²) in [6.07, 6.45) is 6.35. The quantitative estimate of drug-likeness (QED) is 0.800. The fourth-order valence-electron chi connectivity index (χ4n) is 5.68. The summed E-state index contributed by atoms with van der Waals surface area (Å²) in [4.78, 5) is 29.7. The Bertz CT molecular complexity index is 726. The molecule has 2 heterocycles. The highest BCUT2D eigenvalue weighted by molar-refractivity contribution is 5.83. The van der Waals surface area contributed by atoms with Crippen molar-refractivity contribution in [2.45, 2.75) is 62.9 Å². The topological polar surface area (TPSA) is 72.9 Å². The van der Waals surface area contributed by atoms with E-state index in [0.717, 1.165) is 37.7 Å². The Balaban J connectivity index is 1.55. The summed E-state index contributed by atoms with van der Waals surface area (Å²) in [5.41, 5.74) is 0.729. The van der Waals surface area contributed by atoms with E-state index < -0.39 is 5.54 Å². The molecule has 2 atom stereocenters. The largest absolute Gasteiger partial charge is 0.394 e. The van der Waals surface area contributed by atoms with E-state index in [0.29, 0.717) is 19.6 Å². The Morgan fingerprint density at radius 3 is 2.45 bits per heavy atom. The molecule has 3 amide bonds. The minimum atomic E-state index is -0.406. The Hall–Kier alpha value is -2.08. The molecular formula is C23H33N3O3. The van der Waals surface area contributed by atoms with Gasteiger partial charge >= 0.3 is 6.03 Å². The van der Waals surface area contributed by atoms with Crippen LogP contribution in [0.15, 0.2) is 30.3 Å². The summed E-state index contributed by atoms with van der Waals surface area (Å²) < 4.78 is 0. The SMILES string of the molecule is CCCNC(=O)N1[C@@H](CO)[C@@H](c2ccccc2)C12CN(C(=O)C1CCCCC1)C2. The molecule has 29 heavy (non-hydrogen) atoms.